The standard InChI is InChI=1S/C26H24N2O5/c1-3-32-21-15-17(13-14-20(21)29)23-22-24(33-28(23)18-10-5-4-6-11-18)26(31)27(25(22)30)19-12-8-7-9-16(19)2/h4-15,22-24,29H,3H2,1-2H3/t22-,23-,24+/m1/s1. The number of carbonyl (C=O) groups excluding carboxylic acids is 2. The normalized spacial score (nSPS) is 22.1. The Bertz CT molecular complexity index is 1210. The van der Waals surface area contributed by atoms with E-state index >= 15 is 0 Å². The van der Waals surface area contributed by atoms with E-state index in [1.807, 2.05) is 56.3 Å². The lowest BCUT2D eigenvalue weighted by atomic mass is 9.90. The van der Waals surface area contributed by atoms with Crippen LogP contribution in [0.1, 0.15) is 24.1 Å². The molecule has 2 heterocycles. The summed E-state index contributed by atoms with van der Waals surface area (Å²) in [5.74, 6) is -1.12. The molecular weight excluding hydrogens is 420 g/mol. The summed E-state index contributed by atoms with van der Waals surface area (Å²) in [6, 6.07) is 21.1. The fourth-order valence-corrected chi connectivity index (χ4v) is 4.59. The van der Waals surface area contributed by atoms with E-state index in [2.05, 4.69) is 0 Å². The van der Waals surface area contributed by atoms with Crippen LogP contribution in [0.4, 0.5) is 11.4 Å². The van der Waals surface area contributed by atoms with Gasteiger partial charge in [0.1, 0.15) is 5.92 Å². The summed E-state index contributed by atoms with van der Waals surface area (Å²) in [4.78, 5) is 34.5. The fraction of sp³-hybridized carbons (Fsp3) is 0.231. The number of ether oxygens (including phenoxy) is 1. The molecule has 0 aliphatic carbocycles. The quantitative estimate of drug-likeness (QED) is 0.596. The van der Waals surface area contributed by atoms with E-state index in [4.69, 9.17) is 9.57 Å². The van der Waals surface area contributed by atoms with E-state index in [9.17, 15) is 14.7 Å². The van der Waals surface area contributed by atoms with E-state index in [-0.39, 0.29) is 17.6 Å². The number of rotatable bonds is 5. The number of aryl methyl sites for hydroxylation is 1. The molecule has 2 aliphatic rings. The van der Waals surface area contributed by atoms with Crippen molar-refractivity contribution >= 4 is 23.2 Å². The van der Waals surface area contributed by atoms with Gasteiger partial charge in [0, 0.05) is 0 Å². The maximum atomic E-state index is 13.7. The number of phenols is 1. The minimum absolute atomic E-state index is 0.0117. The molecule has 2 amide bonds. The van der Waals surface area contributed by atoms with Crippen molar-refractivity contribution in [3.63, 3.8) is 0 Å². The van der Waals surface area contributed by atoms with Crippen molar-refractivity contribution in [3.05, 3.63) is 83.9 Å². The first kappa shape index (κ1) is 21.0. The molecule has 0 radical (unpaired) electrons. The van der Waals surface area contributed by atoms with Crippen LogP contribution in [0.3, 0.4) is 0 Å². The minimum atomic E-state index is -0.952. The number of hydrogen-bond acceptors (Lipinski definition) is 6. The molecule has 7 nitrogen and oxygen atoms in total. The number of hydrogen-bond donors (Lipinski definition) is 1. The Balaban J connectivity index is 1.61. The molecule has 3 atom stereocenters. The molecule has 3 aromatic carbocycles. The molecule has 5 rings (SSSR count). The summed E-state index contributed by atoms with van der Waals surface area (Å²) in [7, 11) is 0. The predicted octanol–water partition coefficient (Wildman–Crippen LogP) is 4.15. The molecule has 2 fully saturated rings. The van der Waals surface area contributed by atoms with Crippen molar-refractivity contribution in [1.82, 2.24) is 0 Å². The number of hydroxylamine groups is 1. The summed E-state index contributed by atoms with van der Waals surface area (Å²) < 4.78 is 5.57. The van der Waals surface area contributed by atoms with Crippen molar-refractivity contribution in [3.8, 4) is 11.5 Å². The van der Waals surface area contributed by atoms with E-state index < -0.39 is 18.1 Å². The summed E-state index contributed by atoms with van der Waals surface area (Å²) in [6.07, 6.45) is -0.952. The van der Waals surface area contributed by atoms with Gasteiger partial charge in [-0.2, -0.15) is 0 Å². The molecule has 168 valence electrons. The highest BCUT2D eigenvalue weighted by atomic mass is 16.7. The third kappa shape index (κ3) is 3.41. The monoisotopic (exact) mass is 444 g/mol. The van der Waals surface area contributed by atoms with E-state index in [1.54, 1.807) is 29.3 Å². The van der Waals surface area contributed by atoms with Gasteiger partial charge in [-0.15, -0.1) is 0 Å². The van der Waals surface area contributed by atoms with Crippen molar-refractivity contribution in [2.24, 2.45) is 5.92 Å². The Morgan fingerprint density at radius 3 is 2.42 bits per heavy atom. The highest BCUT2D eigenvalue weighted by Gasteiger charge is 2.60. The summed E-state index contributed by atoms with van der Waals surface area (Å²) in [6.45, 7) is 4.08. The zero-order valence-corrected chi connectivity index (χ0v) is 18.3. The third-order valence-electron chi connectivity index (χ3n) is 6.11. The number of phenolic OH excluding ortho intramolecular Hbond substituents is 1. The van der Waals surface area contributed by atoms with Crippen LogP contribution in [0, 0.1) is 12.8 Å². The van der Waals surface area contributed by atoms with Crippen LogP contribution in [0.15, 0.2) is 72.8 Å². The van der Waals surface area contributed by atoms with E-state index in [0.717, 1.165) is 11.3 Å². The maximum Gasteiger partial charge on any atom is 0.266 e. The first-order valence-electron chi connectivity index (χ1n) is 10.9. The van der Waals surface area contributed by atoms with Crippen LogP contribution in [-0.2, 0) is 14.4 Å². The molecule has 0 bridgehead atoms. The smallest absolute Gasteiger partial charge is 0.266 e. The Morgan fingerprint density at radius 1 is 0.970 bits per heavy atom. The number of anilines is 2. The fourth-order valence-electron chi connectivity index (χ4n) is 4.59. The Kier molecular flexibility index (Phi) is 5.26. The Labute approximate surface area is 191 Å². The molecule has 7 heteroatoms. The molecule has 0 spiro atoms. The van der Waals surface area contributed by atoms with Crippen LogP contribution in [0.5, 0.6) is 11.5 Å². The van der Waals surface area contributed by atoms with Gasteiger partial charge in [-0.05, 0) is 55.3 Å². The van der Waals surface area contributed by atoms with Crippen molar-refractivity contribution in [1.29, 1.82) is 0 Å². The maximum absolute atomic E-state index is 13.7. The van der Waals surface area contributed by atoms with Gasteiger partial charge in [0.15, 0.2) is 17.6 Å². The molecule has 2 saturated heterocycles. The zero-order chi connectivity index (χ0) is 23.1. The molecule has 0 aromatic heterocycles. The second kappa shape index (κ2) is 8.26. The van der Waals surface area contributed by atoms with E-state index in [0.29, 0.717) is 23.6 Å². The predicted molar refractivity (Wildman–Crippen MR) is 123 cm³/mol. The molecule has 1 N–H and O–H groups in total. The molecular formula is C26H24N2O5. The van der Waals surface area contributed by atoms with Crippen LogP contribution < -0.4 is 14.7 Å². The lowest BCUT2D eigenvalue weighted by Crippen LogP contribution is -2.37. The first-order valence-corrected chi connectivity index (χ1v) is 10.9. The minimum Gasteiger partial charge on any atom is -0.504 e. The average molecular weight is 444 g/mol. The Morgan fingerprint density at radius 2 is 1.70 bits per heavy atom. The number of nitrogens with zero attached hydrogens (tertiary/aromatic N) is 2. The average Bonchev–Trinajstić information content (AvgIpc) is 3.33. The molecule has 3 aromatic rings. The molecule has 0 saturated carbocycles. The number of amides is 2. The molecule has 0 unspecified atom stereocenters. The van der Waals surface area contributed by atoms with Crippen molar-refractivity contribution in [2.45, 2.75) is 26.0 Å². The highest BCUT2D eigenvalue weighted by molar-refractivity contribution is 6.24. The van der Waals surface area contributed by atoms with Gasteiger partial charge in [-0.1, -0.05) is 42.5 Å². The number of fused-ring (bicyclic) bond motifs is 1. The van der Waals surface area contributed by atoms with Crippen molar-refractivity contribution in [2.75, 3.05) is 16.6 Å². The lowest BCUT2D eigenvalue weighted by Gasteiger charge is -2.29. The van der Waals surface area contributed by atoms with Gasteiger partial charge >= 0.3 is 0 Å². The van der Waals surface area contributed by atoms with Crippen LogP contribution >= 0.6 is 0 Å². The van der Waals surface area contributed by atoms with Gasteiger partial charge in [0.05, 0.1) is 24.0 Å². The SMILES string of the molecule is CCOc1cc([C@@H]2[C@H]3C(=O)N(c4ccccc4C)C(=O)[C@H]3ON2c2ccccc2)ccc1O. The second-order valence-electron chi connectivity index (χ2n) is 8.12. The number of aromatic hydroxyl groups is 1. The van der Waals surface area contributed by atoms with Crippen LogP contribution in [-0.4, -0.2) is 29.6 Å². The van der Waals surface area contributed by atoms with Gasteiger partial charge in [0.25, 0.3) is 5.91 Å². The number of para-hydroxylation sites is 2. The number of imide groups is 1. The van der Waals surface area contributed by atoms with Gasteiger partial charge in [-0.3, -0.25) is 14.4 Å². The second-order valence-corrected chi connectivity index (χ2v) is 8.12. The van der Waals surface area contributed by atoms with Gasteiger partial charge in [0.2, 0.25) is 5.91 Å². The summed E-state index contributed by atoms with van der Waals surface area (Å²) in [5.41, 5.74) is 2.83. The molecule has 33 heavy (non-hydrogen) atoms. The number of benzene rings is 3. The largest absolute Gasteiger partial charge is 0.504 e. The lowest BCUT2D eigenvalue weighted by molar-refractivity contribution is -0.126. The number of carbonyl (C=O) groups is 2. The first-order chi connectivity index (χ1) is 16.0. The molecule has 2 aliphatic heterocycles. The van der Waals surface area contributed by atoms with Crippen molar-refractivity contribution < 1.29 is 24.3 Å². The third-order valence-corrected chi connectivity index (χ3v) is 6.11. The zero-order valence-electron chi connectivity index (χ0n) is 18.3. The Hall–Kier alpha value is -3.84. The van der Waals surface area contributed by atoms with E-state index in [1.165, 1.54) is 11.0 Å². The van der Waals surface area contributed by atoms with Crippen LogP contribution in [0.25, 0.3) is 0 Å². The van der Waals surface area contributed by atoms with Gasteiger partial charge in [-0.25, -0.2) is 9.96 Å². The summed E-state index contributed by atoms with van der Waals surface area (Å²) >= 11 is 0. The topological polar surface area (TPSA) is 79.3 Å². The highest BCUT2D eigenvalue weighted by Crippen LogP contribution is 2.48. The summed E-state index contributed by atoms with van der Waals surface area (Å²) in [5, 5.41) is 11.8. The van der Waals surface area contributed by atoms with Crippen LogP contribution in [0.2, 0.25) is 0 Å². The van der Waals surface area contributed by atoms with Gasteiger partial charge < -0.3 is 9.84 Å².